The van der Waals surface area contributed by atoms with Gasteiger partial charge in [0.2, 0.25) is 0 Å². The first kappa shape index (κ1) is 20.4. The third-order valence-corrected chi connectivity index (χ3v) is 9.06. The van der Waals surface area contributed by atoms with E-state index in [0.717, 1.165) is 58.0 Å². The van der Waals surface area contributed by atoms with Gasteiger partial charge in [-0.15, -0.1) is 0 Å². The summed E-state index contributed by atoms with van der Waals surface area (Å²) in [6.45, 7) is 0.797. The van der Waals surface area contributed by atoms with Crippen LogP contribution in [0.3, 0.4) is 0 Å². The Balaban J connectivity index is 1.41. The molecular weight excluding hydrogens is 372 g/mol. The summed E-state index contributed by atoms with van der Waals surface area (Å²) in [5, 5.41) is 0. The monoisotopic (exact) mass is 408 g/mol. The van der Waals surface area contributed by atoms with Crippen molar-refractivity contribution >= 4 is 12.1 Å². The molecule has 162 valence electrons. The zero-order valence-electron chi connectivity index (χ0n) is 18.3. The van der Waals surface area contributed by atoms with Gasteiger partial charge in [-0.1, -0.05) is 30.3 Å². The molecule has 1 aromatic rings. The van der Waals surface area contributed by atoms with Crippen LogP contribution < -0.4 is 5.73 Å². The van der Waals surface area contributed by atoms with E-state index in [4.69, 9.17) is 10.5 Å². The molecule has 5 atom stereocenters. The maximum absolute atomic E-state index is 13.7. The van der Waals surface area contributed by atoms with Crippen LogP contribution in [-0.4, -0.2) is 31.9 Å². The topological polar surface area (TPSA) is 64.7 Å². The summed E-state index contributed by atoms with van der Waals surface area (Å²) in [4.78, 5) is 18.3. The average molecular weight is 409 g/mol. The van der Waals surface area contributed by atoms with Crippen LogP contribution in [0.2, 0.25) is 0 Å². The summed E-state index contributed by atoms with van der Waals surface area (Å²) in [7, 11) is 1.79. The van der Waals surface area contributed by atoms with Crippen LogP contribution in [0, 0.1) is 29.1 Å². The molecule has 4 bridgehead atoms. The first-order valence-electron chi connectivity index (χ1n) is 11.9. The van der Waals surface area contributed by atoms with Gasteiger partial charge in [0, 0.05) is 26.0 Å². The highest BCUT2D eigenvalue weighted by molar-refractivity contribution is 5.91. The molecule has 5 fully saturated rings. The molecule has 0 spiro atoms. The minimum absolute atomic E-state index is 0.168. The van der Waals surface area contributed by atoms with E-state index in [1.54, 1.807) is 7.11 Å². The predicted octanol–water partition coefficient (Wildman–Crippen LogP) is 4.51. The number of nitrogens with zero attached hydrogens (tertiary/aromatic N) is 1. The number of methoxy groups -OCH3 is 1. The van der Waals surface area contributed by atoms with Crippen LogP contribution in [-0.2, 0) is 14.9 Å². The average Bonchev–Trinajstić information content (AvgIpc) is 3.14. The van der Waals surface area contributed by atoms with Crippen molar-refractivity contribution < 1.29 is 9.53 Å². The summed E-state index contributed by atoms with van der Waals surface area (Å²) in [6, 6.07) is 11.3. The van der Waals surface area contributed by atoms with Crippen LogP contribution in [0.1, 0.15) is 63.4 Å². The third-order valence-electron chi connectivity index (χ3n) is 9.06. The van der Waals surface area contributed by atoms with Crippen molar-refractivity contribution in [3.63, 3.8) is 0 Å². The molecule has 4 nitrogen and oxygen atoms in total. The molecule has 5 aliphatic rings. The van der Waals surface area contributed by atoms with Crippen LogP contribution in [0.25, 0.3) is 0 Å². The van der Waals surface area contributed by atoms with Crippen molar-refractivity contribution in [3.8, 4) is 0 Å². The number of nitrogens with two attached hydrogens (primary N) is 1. The molecule has 1 amide bonds. The van der Waals surface area contributed by atoms with Gasteiger partial charge >= 0.3 is 0 Å². The molecule has 2 N–H and O–H groups in total. The fraction of sp³-hybridized carbons (Fsp3) is 0.692. The Bertz CT molecular complexity index is 801. The van der Waals surface area contributed by atoms with Crippen molar-refractivity contribution in [1.82, 2.24) is 0 Å². The Labute approximate surface area is 180 Å². The molecule has 0 saturated heterocycles. The third kappa shape index (κ3) is 3.27. The molecule has 4 heteroatoms. The number of hydrogen-bond donors (Lipinski definition) is 1. The van der Waals surface area contributed by atoms with Gasteiger partial charge < -0.3 is 10.5 Å². The van der Waals surface area contributed by atoms with E-state index in [0.29, 0.717) is 29.7 Å². The van der Waals surface area contributed by atoms with Crippen LogP contribution in [0.5, 0.6) is 0 Å². The van der Waals surface area contributed by atoms with E-state index in [2.05, 4.69) is 35.3 Å². The van der Waals surface area contributed by atoms with E-state index in [-0.39, 0.29) is 16.7 Å². The number of aliphatic imine (C=N–C) groups is 1. The summed E-state index contributed by atoms with van der Waals surface area (Å²) < 4.78 is 5.43. The summed E-state index contributed by atoms with van der Waals surface area (Å²) >= 11 is 0. The molecule has 0 aromatic heterocycles. The minimum atomic E-state index is -0.251. The largest absolute Gasteiger partial charge is 0.385 e. The molecule has 0 aliphatic heterocycles. The number of amides is 1. The number of ether oxygens (including phenoxy) is 1. The van der Waals surface area contributed by atoms with E-state index >= 15 is 0 Å². The lowest BCUT2D eigenvalue weighted by atomic mass is 9.61. The van der Waals surface area contributed by atoms with Crippen LogP contribution >= 0.6 is 0 Å². The van der Waals surface area contributed by atoms with Gasteiger partial charge in [0.25, 0.3) is 5.91 Å². The van der Waals surface area contributed by atoms with Crippen molar-refractivity contribution in [3.05, 3.63) is 35.9 Å². The summed E-state index contributed by atoms with van der Waals surface area (Å²) in [5.74, 6) is 2.28. The SMILES string of the molecule is COCCC1C2CC3(c4ccccc4)CC1C(C(=O)N=CC1CCC(N)CC1)(C2)C3. The van der Waals surface area contributed by atoms with Gasteiger partial charge in [0.15, 0.2) is 0 Å². The normalized spacial score (nSPS) is 42.3. The maximum atomic E-state index is 13.7. The second-order valence-corrected chi connectivity index (χ2v) is 10.7. The van der Waals surface area contributed by atoms with Crippen LogP contribution in [0.15, 0.2) is 35.3 Å². The maximum Gasteiger partial charge on any atom is 0.251 e. The Morgan fingerprint density at radius 2 is 1.93 bits per heavy atom. The Hall–Kier alpha value is -1.52. The lowest BCUT2D eigenvalue weighted by Gasteiger charge is -2.43. The number of rotatable bonds is 6. The molecule has 30 heavy (non-hydrogen) atoms. The lowest BCUT2D eigenvalue weighted by Crippen LogP contribution is -2.38. The number of carbonyl (C=O) groups is 1. The molecule has 0 heterocycles. The van der Waals surface area contributed by atoms with E-state index in [1.807, 2.05) is 6.21 Å². The highest BCUT2D eigenvalue weighted by atomic mass is 16.5. The van der Waals surface area contributed by atoms with Gasteiger partial charge in [-0.3, -0.25) is 4.79 Å². The standard InChI is InChI=1S/C26H36N2O2/c1-30-12-11-22-19-13-25(20-5-3-2-4-6-20)15-23(22)26(14-19,17-25)24(29)28-16-18-7-9-21(27)10-8-18/h2-6,16,18-19,21-23H,7-15,17,27H2,1H3. The number of benzene rings is 1. The summed E-state index contributed by atoms with van der Waals surface area (Å²) in [5.41, 5.74) is 7.40. The van der Waals surface area contributed by atoms with Crippen molar-refractivity contribution in [2.45, 2.75) is 69.2 Å². The Morgan fingerprint density at radius 3 is 2.67 bits per heavy atom. The van der Waals surface area contributed by atoms with Crippen molar-refractivity contribution in [2.24, 2.45) is 39.8 Å². The van der Waals surface area contributed by atoms with Crippen LogP contribution in [0.4, 0.5) is 0 Å². The Kier molecular flexibility index (Phi) is 5.35. The molecule has 6 rings (SSSR count). The quantitative estimate of drug-likeness (QED) is 0.704. The van der Waals surface area contributed by atoms with E-state index < -0.39 is 0 Å². The second kappa shape index (κ2) is 7.87. The van der Waals surface area contributed by atoms with Gasteiger partial charge in [-0.05, 0) is 92.4 Å². The number of carbonyl (C=O) groups excluding carboxylic acids is 1. The molecule has 5 unspecified atom stereocenters. The minimum Gasteiger partial charge on any atom is -0.385 e. The first-order valence-corrected chi connectivity index (χ1v) is 11.9. The van der Waals surface area contributed by atoms with Crippen molar-refractivity contribution in [1.29, 1.82) is 0 Å². The zero-order valence-corrected chi connectivity index (χ0v) is 18.3. The molecule has 0 radical (unpaired) electrons. The van der Waals surface area contributed by atoms with Gasteiger partial charge in [0.1, 0.15) is 0 Å². The highest BCUT2D eigenvalue weighted by Crippen LogP contribution is 2.73. The van der Waals surface area contributed by atoms with Gasteiger partial charge in [-0.25, -0.2) is 4.99 Å². The Morgan fingerprint density at radius 1 is 1.17 bits per heavy atom. The number of hydrogen-bond acceptors (Lipinski definition) is 3. The fourth-order valence-electron chi connectivity index (χ4n) is 7.77. The van der Waals surface area contributed by atoms with Gasteiger partial charge in [0.05, 0.1) is 5.41 Å². The lowest BCUT2D eigenvalue weighted by molar-refractivity contribution is -0.129. The smallest absolute Gasteiger partial charge is 0.251 e. The van der Waals surface area contributed by atoms with Gasteiger partial charge in [-0.2, -0.15) is 0 Å². The molecule has 5 aliphatic carbocycles. The highest BCUT2D eigenvalue weighted by Gasteiger charge is 2.70. The zero-order chi connectivity index (χ0) is 20.8. The van der Waals surface area contributed by atoms with Crippen molar-refractivity contribution in [2.75, 3.05) is 13.7 Å². The predicted molar refractivity (Wildman–Crippen MR) is 119 cm³/mol. The molecular formula is C26H36N2O2. The second-order valence-electron chi connectivity index (χ2n) is 10.7. The molecule has 1 aromatic carbocycles. The molecule has 5 saturated carbocycles. The van der Waals surface area contributed by atoms with E-state index in [9.17, 15) is 4.79 Å². The van der Waals surface area contributed by atoms with E-state index in [1.165, 1.54) is 12.0 Å². The fourth-order valence-corrected chi connectivity index (χ4v) is 7.77. The first-order chi connectivity index (χ1) is 14.6. The summed E-state index contributed by atoms with van der Waals surface area (Å²) in [6.07, 6.45) is 11.7.